The summed E-state index contributed by atoms with van der Waals surface area (Å²) < 4.78 is 5.06. The van der Waals surface area contributed by atoms with E-state index in [0.29, 0.717) is 13.2 Å². The van der Waals surface area contributed by atoms with Crippen LogP contribution in [0.5, 0.6) is 0 Å². The van der Waals surface area contributed by atoms with Gasteiger partial charge < -0.3 is 20.1 Å². The summed E-state index contributed by atoms with van der Waals surface area (Å²) in [6, 6.07) is -0.261. The molecule has 19 heavy (non-hydrogen) atoms. The number of amides is 2. The number of carboxylic acid groups (broad SMARTS) is 1. The maximum absolute atomic E-state index is 12.1. The van der Waals surface area contributed by atoms with Gasteiger partial charge >= 0.3 is 12.0 Å². The fourth-order valence-corrected chi connectivity index (χ4v) is 1.78. The van der Waals surface area contributed by atoms with Gasteiger partial charge in [-0.3, -0.25) is 4.79 Å². The third-order valence-electron chi connectivity index (χ3n) is 2.92. The minimum absolute atomic E-state index is 0.0308. The van der Waals surface area contributed by atoms with E-state index in [0.717, 1.165) is 12.8 Å². The van der Waals surface area contributed by atoms with Gasteiger partial charge in [0, 0.05) is 20.2 Å². The molecule has 0 saturated heterocycles. The Morgan fingerprint density at radius 3 is 2.42 bits per heavy atom. The Balaban J connectivity index is 4.43. The molecule has 2 unspecified atom stereocenters. The number of hydrogen-bond acceptors (Lipinski definition) is 3. The highest BCUT2D eigenvalue weighted by molar-refractivity contribution is 5.76. The summed E-state index contributed by atoms with van der Waals surface area (Å²) in [7, 11) is 1.60. The second-order valence-electron chi connectivity index (χ2n) is 4.67. The lowest BCUT2D eigenvalue weighted by Gasteiger charge is -2.26. The lowest BCUT2D eigenvalue weighted by atomic mass is 10.1. The van der Waals surface area contributed by atoms with Crippen molar-refractivity contribution in [1.82, 2.24) is 10.2 Å². The molecule has 0 aliphatic carbocycles. The van der Waals surface area contributed by atoms with Gasteiger partial charge in [0.25, 0.3) is 0 Å². The van der Waals surface area contributed by atoms with Gasteiger partial charge in [-0.1, -0.05) is 20.3 Å². The standard InChI is InChI=1S/C13H26N2O4/c1-5-7-11(9-19-4)14-13(18)15(6-2)8-10(3)12(16)17/h10-11H,5-9H2,1-4H3,(H,14,18)(H,16,17). The number of nitrogens with one attached hydrogen (secondary N) is 1. The second-order valence-corrected chi connectivity index (χ2v) is 4.67. The molecule has 0 aliphatic heterocycles. The molecule has 0 spiro atoms. The molecule has 112 valence electrons. The zero-order valence-electron chi connectivity index (χ0n) is 12.3. The summed E-state index contributed by atoms with van der Waals surface area (Å²) >= 11 is 0. The quantitative estimate of drug-likeness (QED) is 0.668. The molecule has 2 amide bonds. The zero-order valence-corrected chi connectivity index (χ0v) is 12.3. The monoisotopic (exact) mass is 274 g/mol. The van der Waals surface area contributed by atoms with Gasteiger partial charge in [0.15, 0.2) is 0 Å². The molecule has 0 fully saturated rings. The Morgan fingerprint density at radius 2 is 2.00 bits per heavy atom. The maximum Gasteiger partial charge on any atom is 0.317 e. The SMILES string of the molecule is CCCC(COC)NC(=O)N(CC)CC(C)C(=O)O. The van der Waals surface area contributed by atoms with E-state index in [2.05, 4.69) is 5.32 Å². The number of carbonyl (C=O) groups is 2. The van der Waals surface area contributed by atoms with Gasteiger partial charge in [-0.25, -0.2) is 4.79 Å². The first-order chi connectivity index (χ1) is 8.96. The fraction of sp³-hybridized carbons (Fsp3) is 0.846. The minimum atomic E-state index is -0.895. The van der Waals surface area contributed by atoms with Crippen LogP contribution in [0, 0.1) is 5.92 Å². The largest absolute Gasteiger partial charge is 0.481 e. The summed E-state index contributed by atoms with van der Waals surface area (Å²) in [6.45, 7) is 6.62. The number of aliphatic carboxylic acids is 1. The Bertz CT molecular complexity index is 278. The van der Waals surface area contributed by atoms with E-state index in [4.69, 9.17) is 9.84 Å². The van der Waals surface area contributed by atoms with E-state index in [1.165, 1.54) is 4.90 Å². The molecule has 0 radical (unpaired) electrons. The van der Waals surface area contributed by atoms with Crippen LogP contribution in [0.4, 0.5) is 4.79 Å². The lowest BCUT2D eigenvalue weighted by Crippen LogP contribution is -2.48. The van der Waals surface area contributed by atoms with Crippen LogP contribution in [0.1, 0.15) is 33.6 Å². The number of methoxy groups -OCH3 is 1. The Labute approximate surface area is 115 Å². The van der Waals surface area contributed by atoms with Gasteiger partial charge in [0.2, 0.25) is 0 Å². The molecule has 6 heteroatoms. The number of carboxylic acids is 1. The maximum atomic E-state index is 12.1. The second kappa shape index (κ2) is 9.61. The minimum Gasteiger partial charge on any atom is -0.481 e. The van der Waals surface area contributed by atoms with Crippen molar-refractivity contribution < 1.29 is 19.4 Å². The van der Waals surface area contributed by atoms with Crippen LogP contribution in [0.3, 0.4) is 0 Å². The predicted octanol–water partition coefficient (Wildman–Crippen LogP) is 1.55. The van der Waals surface area contributed by atoms with Crippen LogP contribution < -0.4 is 5.32 Å². The van der Waals surface area contributed by atoms with Crippen molar-refractivity contribution in [1.29, 1.82) is 0 Å². The first-order valence-corrected chi connectivity index (χ1v) is 6.73. The summed E-state index contributed by atoms with van der Waals surface area (Å²) in [6.07, 6.45) is 1.79. The number of nitrogens with zero attached hydrogens (tertiary/aromatic N) is 1. The van der Waals surface area contributed by atoms with Gasteiger partial charge in [0.1, 0.15) is 0 Å². The zero-order chi connectivity index (χ0) is 14.8. The third-order valence-corrected chi connectivity index (χ3v) is 2.92. The normalized spacial score (nSPS) is 13.7. The van der Waals surface area contributed by atoms with E-state index in [9.17, 15) is 9.59 Å². The van der Waals surface area contributed by atoms with Crippen LogP contribution in [0.25, 0.3) is 0 Å². The Morgan fingerprint density at radius 1 is 1.37 bits per heavy atom. The number of rotatable bonds is 9. The van der Waals surface area contributed by atoms with Gasteiger partial charge in [0.05, 0.1) is 18.6 Å². The van der Waals surface area contributed by atoms with E-state index < -0.39 is 11.9 Å². The van der Waals surface area contributed by atoms with Gasteiger partial charge in [-0.15, -0.1) is 0 Å². The average Bonchev–Trinajstić information content (AvgIpc) is 2.35. The van der Waals surface area contributed by atoms with Crippen molar-refractivity contribution in [3.05, 3.63) is 0 Å². The first-order valence-electron chi connectivity index (χ1n) is 6.73. The highest BCUT2D eigenvalue weighted by Crippen LogP contribution is 2.03. The van der Waals surface area contributed by atoms with Crippen molar-refractivity contribution in [3.8, 4) is 0 Å². The smallest absolute Gasteiger partial charge is 0.317 e. The topological polar surface area (TPSA) is 78.9 Å². The molecule has 2 N–H and O–H groups in total. The van der Waals surface area contributed by atoms with Crippen LogP contribution in [-0.2, 0) is 9.53 Å². The summed E-state index contributed by atoms with van der Waals surface area (Å²) in [5.74, 6) is -1.47. The molecule has 0 bridgehead atoms. The number of carbonyl (C=O) groups excluding carboxylic acids is 1. The Kier molecular flexibility index (Phi) is 8.95. The third kappa shape index (κ3) is 7.00. The number of hydrogen-bond donors (Lipinski definition) is 2. The van der Waals surface area contributed by atoms with Crippen LogP contribution in [-0.4, -0.2) is 54.9 Å². The van der Waals surface area contributed by atoms with Gasteiger partial charge in [-0.2, -0.15) is 0 Å². The lowest BCUT2D eigenvalue weighted by molar-refractivity contribution is -0.141. The van der Waals surface area contributed by atoms with Crippen molar-refractivity contribution in [2.24, 2.45) is 5.92 Å². The summed E-state index contributed by atoms with van der Waals surface area (Å²) in [4.78, 5) is 24.4. The van der Waals surface area contributed by atoms with Crippen molar-refractivity contribution >= 4 is 12.0 Å². The van der Waals surface area contributed by atoms with Crippen molar-refractivity contribution in [3.63, 3.8) is 0 Å². The highest BCUT2D eigenvalue weighted by Gasteiger charge is 2.21. The van der Waals surface area contributed by atoms with Crippen LogP contribution >= 0.6 is 0 Å². The molecule has 0 aromatic heterocycles. The van der Waals surface area contributed by atoms with E-state index >= 15 is 0 Å². The molecule has 6 nitrogen and oxygen atoms in total. The predicted molar refractivity (Wildman–Crippen MR) is 73.2 cm³/mol. The molecule has 0 saturated carbocycles. The van der Waals surface area contributed by atoms with Crippen LogP contribution in [0.15, 0.2) is 0 Å². The highest BCUT2D eigenvalue weighted by atomic mass is 16.5. The molecule has 0 aromatic rings. The van der Waals surface area contributed by atoms with E-state index in [-0.39, 0.29) is 18.6 Å². The molecular weight excluding hydrogens is 248 g/mol. The number of urea groups is 1. The molecular formula is C13H26N2O4. The molecule has 0 aliphatic rings. The van der Waals surface area contributed by atoms with Crippen molar-refractivity contribution in [2.45, 2.75) is 39.7 Å². The molecule has 2 atom stereocenters. The summed E-state index contributed by atoms with van der Waals surface area (Å²) in [5.41, 5.74) is 0. The average molecular weight is 274 g/mol. The van der Waals surface area contributed by atoms with Gasteiger partial charge in [-0.05, 0) is 13.3 Å². The van der Waals surface area contributed by atoms with Crippen LogP contribution in [0.2, 0.25) is 0 Å². The Hall–Kier alpha value is -1.30. The number of ether oxygens (including phenoxy) is 1. The van der Waals surface area contributed by atoms with E-state index in [1.54, 1.807) is 14.0 Å². The molecule has 0 aromatic carbocycles. The van der Waals surface area contributed by atoms with Crippen molar-refractivity contribution in [2.75, 3.05) is 26.8 Å². The summed E-state index contributed by atoms with van der Waals surface area (Å²) in [5, 5.41) is 11.8. The molecule has 0 rings (SSSR count). The molecule has 0 heterocycles. The fourth-order valence-electron chi connectivity index (χ4n) is 1.78. The first kappa shape index (κ1) is 17.7. The van der Waals surface area contributed by atoms with E-state index in [1.807, 2.05) is 13.8 Å².